The van der Waals surface area contributed by atoms with Gasteiger partial charge in [-0.15, -0.1) is 0 Å². The van der Waals surface area contributed by atoms with Crippen LogP contribution in [0, 0.1) is 3.57 Å². The van der Waals surface area contributed by atoms with Crippen LogP contribution in [0.4, 0.5) is 5.69 Å². The van der Waals surface area contributed by atoms with Crippen LogP contribution in [0.25, 0.3) is 0 Å². The Labute approximate surface area is 134 Å². The molecule has 2 aromatic rings. The summed E-state index contributed by atoms with van der Waals surface area (Å²) in [4.78, 5) is 12.3. The summed E-state index contributed by atoms with van der Waals surface area (Å²) in [5, 5.41) is 2.95. The van der Waals surface area contributed by atoms with Gasteiger partial charge >= 0.3 is 0 Å². The Morgan fingerprint density at radius 3 is 2.68 bits per heavy atom. The number of para-hydroxylation sites is 1. The summed E-state index contributed by atoms with van der Waals surface area (Å²) in [6.45, 7) is 4.10. The van der Waals surface area contributed by atoms with Crippen molar-refractivity contribution in [3.05, 3.63) is 50.3 Å². The molecule has 0 saturated heterocycles. The van der Waals surface area contributed by atoms with Crippen molar-refractivity contribution in [1.29, 1.82) is 0 Å². The van der Waals surface area contributed by atoms with E-state index in [-0.39, 0.29) is 11.9 Å². The Morgan fingerprint density at radius 1 is 1.37 bits per heavy atom. The monoisotopic (exact) mass is 432 g/mol. The molecule has 1 amide bonds. The molecule has 0 saturated carbocycles. The van der Waals surface area contributed by atoms with Gasteiger partial charge in [-0.05, 0) is 70.6 Å². The number of anilines is 1. The van der Waals surface area contributed by atoms with Crippen LogP contribution < -0.4 is 5.32 Å². The fraction of sp³-hybridized carbons (Fsp3) is 0.214. The van der Waals surface area contributed by atoms with E-state index in [2.05, 4.69) is 57.7 Å². The van der Waals surface area contributed by atoms with Gasteiger partial charge in [0.25, 0.3) is 5.91 Å². The molecule has 0 atom stereocenters. The van der Waals surface area contributed by atoms with Gasteiger partial charge < -0.3 is 9.88 Å². The summed E-state index contributed by atoms with van der Waals surface area (Å²) in [6.07, 6.45) is 1.93. The first kappa shape index (κ1) is 14.6. The number of hydrogen-bond donors (Lipinski definition) is 1. The maximum atomic E-state index is 12.3. The largest absolute Gasteiger partial charge is 0.340 e. The number of rotatable bonds is 3. The van der Waals surface area contributed by atoms with Crippen molar-refractivity contribution in [1.82, 2.24) is 4.57 Å². The summed E-state index contributed by atoms with van der Waals surface area (Å²) in [6, 6.07) is 9.80. The second-order valence-electron chi connectivity index (χ2n) is 4.48. The molecule has 1 N–H and O–H groups in total. The zero-order valence-corrected chi connectivity index (χ0v) is 14.4. The van der Waals surface area contributed by atoms with E-state index in [0.29, 0.717) is 5.69 Å². The van der Waals surface area contributed by atoms with E-state index in [1.165, 1.54) is 0 Å². The van der Waals surface area contributed by atoms with Crippen molar-refractivity contribution in [2.45, 2.75) is 19.9 Å². The predicted octanol–water partition coefficient (Wildman–Crippen LogP) is 4.69. The number of benzene rings is 1. The minimum absolute atomic E-state index is 0.0940. The number of carbonyl (C=O) groups excluding carboxylic acids is 1. The van der Waals surface area contributed by atoms with E-state index in [4.69, 9.17) is 0 Å². The van der Waals surface area contributed by atoms with Crippen LogP contribution >= 0.6 is 38.5 Å². The van der Waals surface area contributed by atoms with Crippen molar-refractivity contribution < 1.29 is 4.79 Å². The van der Waals surface area contributed by atoms with Crippen LogP contribution in [0.3, 0.4) is 0 Å². The van der Waals surface area contributed by atoms with E-state index in [1.807, 2.05) is 41.1 Å². The van der Waals surface area contributed by atoms with Gasteiger partial charge in [0, 0.05) is 20.3 Å². The summed E-state index contributed by atoms with van der Waals surface area (Å²) in [7, 11) is 0. The van der Waals surface area contributed by atoms with Crippen LogP contribution in [-0.2, 0) is 0 Å². The van der Waals surface area contributed by atoms with Gasteiger partial charge in [-0.3, -0.25) is 4.79 Å². The van der Waals surface area contributed by atoms with E-state index < -0.39 is 0 Å². The third kappa shape index (κ3) is 3.39. The Morgan fingerprint density at radius 2 is 2.05 bits per heavy atom. The lowest BCUT2D eigenvalue weighted by Gasteiger charge is -2.13. The second-order valence-corrected chi connectivity index (χ2v) is 6.56. The predicted molar refractivity (Wildman–Crippen MR) is 89.6 cm³/mol. The molecule has 1 aromatic carbocycles. The van der Waals surface area contributed by atoms with E-state index in [9.17, 15) is 4.79 Å². The fourth-order valence-corrected chi connectivity index (χ4v) is 2.76. The standard InChI is InChI=1S/C14H14BrIN2O/c1-9(2)18-8-10(15)7-13(18)14(19)17-12-6-4-3-5-11(12)16/h3-9H,1-2H3,(H,17,19). The van der Waals surface area contributed by atoms with Crippen LogP contribution in [0.1, 0.15) is 30.4 Å². The highest BCUT2D eigenvalue weighted by molar-refractivity contribution is 14.1. The molecule has 1 aromatic heterocycles. The van der Waals surface area contributed by atoms with Crippen LogP contribution in [0.2, 0.25) is 0 Å². The number of carbonyl (C=O) groups is 1. The average Bonchev–Trinajstić information content (AvgIpc) is 2.74. The molecule has 0 unspecified atom stereocenters. The number of aromatic nitrogens is 1. The van der Waals surface area contributed by atoms with Crippen molar-refractivity contribution in [2.75, 3.05) is 5.32 Å². The SMILES string of the molecule is CC(C)n1cc(Br)cc1C(=O)Nc1ccccc1I. The first-order valence-corrected chi connectivity index (χ1v) is 7.79. The third-order valence-corrected chi connectivity index (χ3v) is 4.10. The summed E-state index contributed by atoms with van der Waals surface area (Å²) >= 11 is 5.63. The number of nitrogens with zero attached hydrogens (tertiary/aromatic N) is 1. The highest BCUT2D eigenvalue weighted by Crippen LogP contribution is 2.22. The Kier molecular flexibility index (Phi) is 4.67. The molecule has 0 aliphatic heterocycles. The van der Waals surface area contributed by atoms with Crippen molar-refractivity contribution in [3.63, 3.8) is 0 Å². The number of amides is 1. The fourth-order valence-electron chi connectivity index (χ4n) is 1.80. The van der Waals surface area contributed by atoms with Gasteiger partial charge in [-0.2, -0.15) is 0 Å². The van der Waals surface area contributed by atoms with E-state index in [0.717, 1.165) is 13.7 Å². The lowest BCUT2D eigenvalue weighted by Crippen LogP contribution is -2.18. The topological polar surface area (TPSA) is 34.0 Å². The summed E-state index contributed by atoms with van der Waals surface area (Å²) in [5.41, 5.74) is 1.49. The van der Waals surface area contributed by atoms with Crippen LogP contribution in [-0.4, -0.2) is 10.5 Å². The van der Waals surface area contributed by atoms with Gasteiger partial charge in [0.05, 0.1) is 5.69 Å². The molecule has 100 valence electrons. The van der Waals surface area contributed by atoms with Crippen LogP contribution in [0.5, 0.6) is 0 Å². The molecule has 0 spiro atoms. The maximum Gasteiger partial charge on any atom is 0.272 e. The van der Waals surface area contributed by atoms with Crippen LogP contribution in [0.15, 0.2) is 41.0 Å². The molecular formula is C14H14BrIN2O. The van der Waals surface area contributed by atoms with Gasteiger partial charge in [-0.1, -0.05) is 12.1 Å². The molecule has 0 aliphatic carbocycles. The second kappa shape index (κ2) is 6.09. The summed E-state index contributed by atoms with van der Waals surface area (Å²) in [5.74, 6) is -0.0940. The Hall–Kier alpha value is -0.820. The number of halogens is 2. The molecule has 19 heavy (non-hydrogen) atoms. The zero-order valence-electron chi connectivity index (χ0n) is 10.7. The lowest BCUT2D eigenvalue weighted by molar-refractivity contribution is 0.101. The highest BCUT2D eigenvalue weighted by Gasteiger charge is 2.15. The van der Waals surface area contributed by atoms with Gasteiger partial charge in [0.2, 0.25) is 0 Å². The minimum Gasteiger partial charge on any atom is -0.340 e. The zero-order chi connectivity index (χ0) is 14.0. The molecule has 0 fully saturated rings. The van der Waals surface area contributed by atoms with Crippen molar-refractivity contribution >= 4 is 50.1 Å². The first-order valence-electron chi connectivity index (χ1n) is 5.92. The Bertz CT molecular complexity index is 607. The maximum absolute atomic E-state index is 12.3. The summed E-state index contributed by atoms with van der Waals surface area (Å²) < 4.78 is 3.89. The number of hydrogen-bond acceptors (Lipinski definition) is 1. The quantitative estimate of drug-likeness (QED) is 0.701. The highest BCUT2D eigenvalue weighted by atomic mass is 127. The lowest BCUT2D eigenvalue weighted by atomic mass is 10.3. The molecule has 0 radical (unpaired) electrons. The molecule has 2 rings (SSSR count). The van der Waals surface area contributed by atoms with Crippen molar-refractivity contribution in [3.8, 4) is 0 Å². The third-order valence-electron chi connectivity index (χ3n) is 2.73. The smallest absolute Gasteiger partial charge is 0.272 e. The van der Waals surface area contributed by atoms with Gasteiger partial charge in [0.1, 0.15) is 5.69 Å². The molecule has 5 heteroatoms. The molecule has 3 nitrogen and oxygen atoms in total. The molecule has 1 heterocycles. The average molecular weight is 433 g/mol. The van der Waals surface area contributed by atoms with Gasteiger partial charge in [-0.25, -0.2) is 0 Å². The molecule has 0 aliphatic rings. The molecule has 0 bridgehead atoms. The normalized spacial score (nSPS) is 10.8. The van der Waals surface area contributed by atoms with Crippen molar-refractivity contribution in [2.24, 2.45) is 0 Å². The first-order chi connectivity index (χ1) is 8.99. The Balaban J connectivity index is 2.28. The van der Waals surface area contributed by atoms with E-state index in [1.54, 1.807) is 0 Å². The van der Waals surface area contributed by atoms with Gasteiger partial charge in [0.15, 0.2) is 0 Å². The molecular weight excluding hydrogens is 419 g/mol. The van der Waals surface area contributed by atoms with E-state index >= 15 is 0 Å². The minimum atomic E-state index is -0.0940. The number of nitrogens with one attached hydrogen (secondary N) is 1.